The van der Waals surface area contributed by atoms with E-state index in [2.05, 4.69) is 0 Å². The van der Waals surface area contributed by atoms with Crippen LogP contribution in [0.4, 0.5) is 0 Å². The Morgan fingerprint density at radius 2 is 2.00 bits per heavy atom. The van der Waals surface area contributed by atoms with Crippen LogP contribution in [0.1, 0.15) is 4.88 Å². The summed E-state index contributed by atoms with van der Waals surface area (Å²) in [7, 11) is 0. The van der Waals surface area contributed by atoms with Gasteiger partial charge < -0.3 is 5.11 Å². The molecule has 0 spiro atoms. The van der Waals surface area contributed by atoms with Crippen LogP contribution in [0.5, 0.6) is 0 Å². The maximum atomic E-state index is 11.9. The van der Waals surface area contributed by atoms with Crippen LogP contribution in [-0.2, 0) is 16.1 Å². The van der Waals surface area contributed by atoms with Gasteiger partial charge >= 0.3 is 0 Å². The maximum Gasteiger partial charge on any atom is 0.233 e. The van der Waals surface area contributed by atoms with Crippen molar-refractivity contribution in [2.45, 2.75) is 6.54 Å². The molecule has 2 unspecified atom stereocenters. The standard InChI is InChI=1S/C11H11NO3S/c13-5-7-8-9(7)11(15)12(10(8)14)4-6-2-1-3-16-6/h1-3,7-9,13H,4-5H2. The number of carbonyl (C=O) groups excluding carboxylic acids is 2. The van der Waals surface area contributed by atoms with Crippen molar-refractivity contribution in [3.63, 3.8) is 0 Å². The molecule has 1 aliphatic heterocycles. The SMILES string of the molecule is O=C1C2C(CO)C2C(=O)N1Cc1cccs1. The second-order valence-electron chi connectivity index (χ2n) is 4.24. The van der Waals surface area contributed by atoms with Gasteiger partial charge in [-0.2, -0.15) is 0 Å². The van der Waals surface area contributed by atoms with Crippen molar-refractivity contribution in [2.75, 3.05) is 6.61 Å². The van der Waals surface area contributed by atoms with Crippen LogP contribution in [0.2, 0.25) is 0 Å². The van der Waals surface area contributed by atoms with Crippen molar-refractivity contribution >= 4 is 23.2 Å². The van der Waals surface area contributed by atoms with Gasteiger partial charge in [0.05, 0.1) is 18.4 Å². The Morgan fingerprint density at radius 1 is 1.31 bits per heavy atom. The number of imide groups is 1. The third-order valence-corrected chi connectivity index (χ3v) is 4.24. The fraction of sp³-hybridized carbons (Fsp3) is 0.455. The number of amides is 2. The first-order valence-corrected chi connectivity index (χ1v) is 6.10. The number of aliphatic hydroxyl groups excluding tert-OH is 1. The highest BCUT2D eigenvalue weighted by molar-refractivity contribution is 7.09. The topological polar surface area (TPSA) is 57.6 Å². The van der Waals surface area contributed by atoms with Crippen molar-refractivity contribution in [3.05, 3.63) is 22.4 Å². The van der Waals surface area contributed by atoms with Crippen molar-refractivity contribution < 1.29 is 14.7 Å². The number of aliphatic hydroxyl groups is 1. The molecule has 1 aromatic heterocycles. The minimum atomic E-state index is -0.238. The molecular formula is C11H11NO3S. The van der Waals surface area contributed by atoms with Gasteiger partial charge in [0, 0.05) is 17.4 Å². The molecule has 1 saturated heterocycles. The smallest absolute Gasteiger partial charge is 0.233 e. The van der Waals surface area contributed by atoms with Gasteiger partial charge in [-0.1, -0.05) is 6.07 Å². The zero-order chi connectivity index (χ0) is 11.3. The van der Waals surface area contributed by atoms with Gasteiger partial charge in [-0.05, 0) is 11.4 Å². The predicted octanol–water partition coefficient (Wildman–Crippen LogP) is 0.471. The number of fused-ring (bicyclic) bond motifs is 1. The lowest BCUT2D eigenvalue weighted by Crippen LogP contribution is -2.34. The molecular weight excluding hydrogens is 226 g/mol. The van der Waals surface area contributed by atoms with Crippen LogP contribution in [-0.4, -0.2) is 28.4 Å². The monoisotopic (exact) mass is 237 g/mol. The highest BCUT2D eigenvalue weighted by Gasteiger charge is 2.66. The molecule has 3 rings (SSSR count). The molecule has 0 radical (unpaired) electrons. The largest absolute Gasteiger partial charge is 0.396 e. The number of thiophene rings is 1. The van der Waals surface area contributed by atoms with Crippen LogP contribution < -0.4 is 0 Å². The van der Waals surface area contributed by atoms with Crippen molar-refractivity contribution in [1.82, 2.24) is 4.90 Å². The zero-order valence-electron chi connectivity index (χ0n) is 8.50. The van der Waals surface area contributed by atoms with Gasteiger partial charge in [0.25, 0.3) is 0 Å². The lowest BCUT2D eigenvalue weighted by Gasteiger charge is -2.16. The Hall–Kier alpha value is -1.20. The first-order valence-electron chi connectivity index (χ1n) is 5.22. The Bertz CT molecular complexity index is 420. The van der Waals surface area contributed by atoms with Crippen LogP contribution in [0, 0.1) is 17.8 Å². The molecule has 2 heterocycles. The van der Waals surface area contributed by atoms with E-state index in [4.69, 9.17) is 5.11 Å². The number of nitrogens with zero attached hydrogens (tertiary/aromatic N) is 1. The van der Waals surface area contributed by atoms with E-state index in [1.807, 2.05) is 17.5 Å². The van der Waals surface area contributed by atoms with E-state index in [1.54, 1.807) is 11.3 Å². The van der Waals surface area contributed by atoms with Gasteiger partial charge in [0.15, 0.2) is 0 Å². The number of carbonyl (C=O) groups is 2. The van der Waals surface area contributed by atoms with Gasteiger partial charge in [-0.3, -0.25) is 14.5 Å². The number of piperidine rings is 1. The second-order valence-corrected chi connectivity index (χ2v) is 5.27. The Morgan fingerprint density at radius 3 is 2.50 bits per heavy atom. The fourth-order valence-electron chi connectivity index (χ4n) is 2.46. The normalized spacial score (nSPS) is 32.1. The number of hydrogen-bond acceptors (Lipinski definition) is 4. The quantitative estimate of drug-likeness (QED) is 0.777. The van der Waals surface area contributed by atoms with Gasteiger partial charge in [-0.25, -0.2) is 0 Å². The molecule has 2 aliphatic rings. The van der Waals surface area contributed by atoms with Crippen LogP contribution in [0.3, 0.4) is 0 Å². The van der Waals surface area contributed by atoms with Crippen molar-refractivity contribution in [2.24, 2.45) is 17.8 Å². The summed E-state index contributed by atoms with van der Waals surface area (Å²) in [6.07, 6.45) is 0. The van der Waals surface area contributed by atoms with Crippen molar-refractivity contribution in [1.29, 1.82) is 0 Å². The summed E-state index contributed by atoms with van der Waals surface area (Å²) in [5.41, 5.74) is 0. The molecule has 2 atom stereocenters. The summed E-state index contributed by atoms with van der Waals surface area (Å²) in [5.74, 6) is -0.806. The van der Waals surface area contributed by atoms with Crippen LogP contribution in [0.25, 0.3) is 0 Å². The fourth-order valence-corrected chi connectivity index (χ4v) is 3.15. The molecule has 4 nitrogen and oxygen atoms in total. The molecule has 2 fully saturated rings. The average molecular weight is 237 g/mol. The summed E-state index contributed by atoms with van der Waals surface area (Å²) in [5, 5.41) is 10.9. The van der Waals surface area contributed by atoms with Gasteiger partial charge in [-0.15, -0.1) is 11.3 Å². The zero-order valence-corrected chi connectivity index (χ0v) is 9.31. The summed E-state index contributed by atoms with van der Waals surface area (Å²) in [4.78, 5) is 26.0. The Balaban J connectivity index is 1.76. The highest BCUT2D eigenvalue weighted by atomic mass is 32.1. The predicted molar refractivity (Wildman–Crippen MR) is 57.4 cm³/mol. The summed E-state index contributed by atoms with van der Waals surface area (Å²) < 4.78 is 0. The number of likely N-dealkylation sites (tertiary alicyclic amines) is 1. The minimum absolute atomic E-state index is 0.0559. The van der Waals surface area contributed by atoms with E-state index in [-0.39, 0.29) is 36.2 Å². The van der Waals surface area contributed by atoms with Gasteiger partial charge in [0.1, 0.15) is 0 Å². The molecule has 1 saturated carbocycles. The van der Waals surface area contributed by atoms with Gasteiger partial charge in [0.2, 0.25) is 11.8 Å². The lowest BCUT2D eigenvalue weighted by molar-refractivity contribution is -0.143. The second kappa shape index (κ2) is 3.40. The van der Waals surface area contributed by atoms with E-state index < -0.39 is 0 Å². The minimum Gasteiger partial charge on any atom is -0.396 e. The van der Waals surface area contributed by atoms with E-state index in [1.165, 1.54) is 4.90 Å². The highest BCUT2D eigenvalue weighted by Crippen LogP contribution is 2.53. The van der Waals surface area contributed by atoms with E-state index in [0.717, 1.165) is 4.88 Å². The van der Waals surface area contributed by atoms with E-state index in [9.17, 15) is 9.59 Å². The summed E-state index contributed by atoms with van der Waals surface area (Å²) in [6.45, 7) is 0.333. The van der Waals surface area contributed by atoms with E-state index >= 15 is 0 Å². The molecule has 5 heteroatoms. The first kappa shape index (κ1) is 9.99. The molecule has 1 N–H and O–H groups in total. The molecule has 1 aromatic rings. The average Bonchev–Trinajstić information content (AvgIpc) is 2.69. The lowest BCUT2D eigenvalue weighted by atomic mass is 10.2. The van der Waals surface area contributed by atoms with Crippen LogP contribution >= 0.6 is 11.3 Å². The first-order chi connectivity index (χ1) is 7.74. The molecule has 84 valence electrons. The van der Waals surface area contributed by atoms with Crippen LogP contribution in [0.15, 0.2) is 17.5 Å². The molecule has 2 amide bonds. The molecule has 1 aliphatic carbocycles. The Kier molecular flexibility index (Phi) is 2.12. The molecule has 0 bridgehead atoms. The Labute approximate surface area is 96.5 Å². The van der Waals surface area contributed by atoms with Crippen molar-refractivity contribution in [3.8, 4) is 0 Å². The number of rotatable bonds is 3. The molecule has 0 aromatic carbocycles. The third kappa shape index (κ3) is 1.25. The third-order valence-electron chi connectivity index (χ3n) is 3.38. The van der Waals surface area contributed by atoms with E-state index in [0.29, 0.717) is 6.54 Å². The molecule has 16 heavy (non-hydrogen) atoms. The summed E-state index contributed by atoms with van der Waals surface area (Å²) >= 11 is 1.54. The summed E-state index contributed by atoms with van der Waals surface area (Å²) in [6, 6.07) is 3.82. The number of hydrogen-bond donors (Lipinski definition) is 1. The maximum absolute atomic E-state index is 11.9.